The summed E-state index contributed by atoms with van der Waals surface area (Å²) in [6, 6.07) is 9.44. The number of hydrogen-bond acceptors (Lipinski definition) is 4. The van der Waals surface area contributed by atoms with Crippen LogP contribution in [0.5, 0.6) is 0 Å². The van der Waals surface area contributed by atoms with Crippen LogP contribution in [0.2, 0.25) is 5.02 Å². The van der Waals surface area contributed by atoms with E-state index in [1.807, 2.05) is 5.38 Å². The second-order valence-corrected chi connectivity index (χ2v) is 6.91. The molecule has 0 radical (unpaired) electrons. The van der Waals surface area contributed by atoms with Crippen LogP contribution in [0.15, 0.2) is 48.0 Å². The van der Waals surface area contributed by atoms with E-state index in [4.69, 9.17) is 11.6 Å². The first-order valence-corrected chi connectivity index (χ1v) is 8.94. The summed E-state index contributed by atoms with van der Waals surface area (Å²) in [4.78, 5) is 21.5. The lowest BCUT2D eigenvalue weighted by atomic mass is 10.2. The minimum Gasteiger partial charge on any atom is -0.296 e. The number of aromatic nitrogens is 3. The molecule has 130 valence electrons. The average molecular weight is 387 g/mol. The number of pyridine rings is 1. The molecule has 8 heteroatoms. The monoisotopic (exact) mass is 386 g/mol. The zero-order valence-electron chi connectivity index (χ0n) is 13.5. The number of imidazole rings is 1. The van der Waals surface area contributed by atoms with Crippen molar-refractivity contribution in [2.75, 3.05) is 5.32 Å². The highest BCUT2D eigenvalue weighted by Gasteiger charge is 2.18. The summed E-state index contributed by atoms with van der Waals surface area (Å²) in [5.41, 5.74) is 3.08. The highest BCUT2D eigenvalue weighted by Crippen LogP contribution is 2.26. The van der Waals surface area contributed by atoms with E-state index in [0.717, 1.165) is 5.56 Å². The van der Waals surface area contributed by atoms with E-state index in [1.165, 1.54) is 23.5 Å². The molecule has 0 aliphatic heterocycles. The van der Waals surface area contributed by atoms with Crippen molar-refractivity contribution in [2.24, 2.45) is 0 Å². The number of halogens is 2. The number of fused-ring (bicyclic) bond motifs is 1. The summed E-state index contributed by atoms with van der Waals surface area (Å²) in [5, 5.41) is 5.61. The molecule has 0 aliphatic carbocycles. The summed E-state index contributed by atoms with van der Waals surface area (Å²) >= 11 is 7.27. The average Bonchev–Trinajstić information content (AvgIpc) is 3.18. The van der Waals surface area contributed by atoms with Gasteiger partial charge in [0.25, 0.3) is 5.91 Å². The normalized spacial score (nSPS) is 11.0. The van der Waals surface area contributed by atoms with Gasteiger partial charge in [0.05, 0.1) is 11.4 Å². The first-order chi connectivity index (χ1) is 12.5. The number of rotatable bonds is 3. The summed E-state index contributed by atoms with van der Waals surface area (Å²) in [6.07, 6.45) is 1.71. The van der Waals surface area contributed by atoms with Crippen LogP contribution < -0.4 is 5.32 Å². The maximum Gasteiger partial charge on any atom is 0.276 e. The van der Waals surface area contributed by atoms with Gasteiger partial charge < -0.3 is 0 Å². The van der Waals surface area contributed by atoms with Gasteiger partial charge in [0, 0.05) is 28.2 Å². The van der Waals surface area contributed by atoms with Crippen LogP contribution in [0.25, 0.3) is 16.9 Å². The Kier molecular flexibility index (Phi) is 4.18. The topological polar surface area (TPSA) is 59.3 Å². The zero-order valence-corrected chi connectivity index (χ0v) is 15.1. The molecule has 1 aromatic carbocycles. The van der Waals surface area contributed by atoms with Gasteiger partial charge in [-0.05, 0) is 37.3 Å². The molecule has 0 saturated carbocycles. The second-order valence-electron chi connectivity index (χ2n) is 5.62. The van der Waals surface area contributed by atoms with Crippen molar-refractivity contribution in [3.8, 4) is 11.3 Å². The first-order valence-electron chi connectivity index (χ1n) is 7.68. The van der Waals surface area contributed by atoms with Crippen LogP contribution in [0, 0.1) is 12.7 Å². The molecule has 1 N–H and O–H groups in total. The zero-order chi connectivity index (χ0) is 18.3. The van der Waals surface area contributed by atoms with Crippen LogP contribution in [-0.2, 0) is 0 Å². The second kappa shape index (κ2) is 6.51. The molecule has 0 saturated heterocycles. The number of aryl methyl sites for hydroxylation is 1. The van der Waals surface area contributed by atoms with Crippen molar-refractivity contribution in [1.82, 2.24) is 14.4 Å². The molecule has 26 heavy (non-hydrogen) atoms. The number of thiazole rings is 1. The molecule has 3 heterocycles. The van der Waals surface area contributed by atoms with Crippen molar-refractivity contribution < 1.29 is 9.18 Å². The highest BCUT2D eigenvalue weighted by molar-refractivity contribution is 7.14. The number of hydrogen-bond donors (Lipinski definition) is 1. The van der Waals surface area contributed by atoms with Crippen LogP contribution in [0.1, 0.15) is 16.2 Å². The quantitative estimate of drug-likeness (QED) is 0.549. The van der Waals surface area contributed by atoms with E-state index in [-0.39, 0.29) is 11.7 Å². The minimum absolute atomic E-state index is 0.305. The fraction of sp³-hybridized carbons (Fsp3) is 0.0556. The summed E-state index contributed by atoms with van der Waals surface area (Å²) in [7, 11) is 0. The van der Waals surface area contributed by atoms with Gasteiger partial charge in [-0.1, -0.05) is 11.6 Å². The van der Waals surface area contributed by atoms with Gasteiger partial charge >= 0.3 is 0 Å². The Morgan fingerprint density at radius 1 is 1.23 bits per heavy atom. The van der Waals surface area contributed by atoms with Gasteiger partial charge in [0.1, 0.15) is 17.2 Å². The van der Waals surface area contributed by atoms with Crippen LogP contribution in [-0.4, -0.2) is 20.3 Å². The lowest BCUT2D eigenvalue weighted by Gasteiger charge is -2.03. The Morgan fingerprint density at radius 2 is 2.00 bits per heavy atom. The Morgan fingerprint density at radius 3 is 2.77 bits per heavy atom. The largest absolute Gasteiger partial charge is 0.296 e. The van der Waals surface area contributed by atoms with Gasteiger partial charge in [-0.15, -0.1) is 11.3 Å². The van der Waals surface area contributed by atoms with Crippen molar-refractivity contribution >= 4 is 39.6 Å². The first kappa shape index (κ1) is 16.7. The number of carbonyl (C=O) groups excluding carboxylic acids is 1. The summed E-state index contributed by atoms with van der Waals surface area (Å²) < 4.78 is 14.7. The summed E-state index contributed by atoms with van der Waals surface area (Å²) in [5.74, 6) is -0.613. The third-order valence-corrected chi connectivity index (χ3v) is 4.84. The molecule has 0 aliphatic rings. The molecule has 4 aromatic rings. The van der Waals surface area contributed by atoms with Gasteiger partial charge in [0.15, 0.2) is 5.13 Å². The molecule has 0 unspecified atom stereocenters. The van der Waals surface area contributed by atoms with Crippen LogP contribution in [0.4, 0.5) is 9.52 Å². The van der Waals surface area contributed by atoms with E-state index in [2.05, 4.69) is 15.3 Å². The number of amides is 1. The number of anilines is 1. The van der Waals surface area contributed by atoms with Gasteiger partial charge in [0.2, 0.25) is 0 Å². The Labute approximate surface area is 157 Å². The highest BCUT2D eigenvalue weighted by atomic mass is 35.5. The van der Waals surface area contributed by atoms with E-state index < -0.39 is 0 Å². The molecule has 0 bridgehead atoms. The molecule has 5 nitrogen and oxygen atoms in total. The van der Waals surface area contributed by atoms with E-state index in [9.17, 15) is 9.18 Å². The maximum atomic E-state index is 13.0. The van der Waals surface area contributed by atoms with Crippen molar-refractivity contribution in [3.05, 3.63) is 70.2 Å². The van der Waals surface area contributed by atoms with Crippen molar-refractivity contribution in [3.63, 3.8) is 0 Å². The van der Waals surface area contributed by atoms with E-state index in [1.54, 1.807) is 41.8 Å². The number of carbonyl (C=O) groups is 1. The van der Waals surface area contributed by atoms with E-state index in [0.29, 0.717) is 32.9 Å². The molecule has 3 aromatic heterocycles. The molecule has 1 amide bonds. The standard InChI is InChI=1S/C18H12ClFN4OS/c1-10-16(24-7-6-12(19)8-15(24)21-10)17(25)23-18-22-14(9-26-18)11-2-4-13(20)5-3-11/h2-9H,1H3,(H,22,23,25). The summed E-state index contributed by atoms with van der Waals surface area (Å²) in [6.45, 7) is 1.77. The van der Waals surface area contributed by atoms with E-state index >= 15 is 0 Å². The molecule has 0 spiro atoms. The number of nitrogens with zero attached hydrogens (tertiary/aromatic N) is 3. The Balaban J connectivity index is 1.61. The Hall–Kier alpha value is -2.77. The SMILES string of the molecule is Cc1nc2cc(Cl)ccn2c1C(=O)Nc1nc(-c2ccc(F)cc2)cs1. The predicted octanol–water partition coefficient (Wildman–Crippen LogP) is 4.81. The third kappa shape index (κ3) is 3.07. The lowest BCUT2D eigenvalue weighted by molar-refractivity contribution is 0.102. The fourth-order valence-electron chi connectivity index (χ4n) is 2.65. The number of nitrogens with one attached hydrogen (secondary N) is 1. The minimum atomic E-state index is -0.308. The lowest BCUT2D eigenvalue weighted by Crippen LogP contribution is -2.15. The molecule has 0 fully saturated rings. The van der Waals surface area contributed by atoms with Gasteiger partial charge in [-0.2, -0.15) is 0 Å². The predicted molar refractivity (Wildman–Crippen MR) is 100 cm³/mol. The molecular formula is C18H12ClFN4OS. The maximum absolute atomic E-state index is 13.0. The van der Waals surface area contributed by atoms with Crippen LogP contribution in [0.3, 0.4) is 0 Å². The number of benzene rings is 1. The smallest absolute Gasteiger partial charge is 0.276 e. The molecular weight excluding hydrogens is 375 g/mol. The molecule has 4 rings (SSSR count). The molecule has 0 atom stereocenters. The Bertz CT molecular complexity index is 1120. The van der Waals surface area contributed by atoms with Crippen LogP contribution >= 0.6 is 22.9 Å². The fourth-order valence-corrected chi connectivity index (χ4v) is 3.52. The van der Waals surface area contributed by atoms with Gasteiger partial charge in [-0.3, -0.25) is 14.5 Å². The van der Waals surface area contributed by atoms with Gasteiger partial charge in [-0.25, -0.2) is 14.4 Å². The van der Waals surface area contributed by atoms with Crippen molar-refractivity contribution in [1.29, 1.82) is 0 Å². The third-order valence-electron chi connectivity index (χ3n) is 3.84. The van der Waals surface area contributed by atoms with Crippen molar-refractivity contribution in [2.45, 2.75) is 6.92 Å².